The summed E-state index contributed by atoms with van der Waals surface area (Å²) in [6.45, 7) is 0.0753. The Morgan fingerprint density at radius 1 is 1.06 bits per heavy atom. The lowest BCUT2D eigenvalue weighted by atomic mass is 10.1. The minimum Gasteiger partial charge on any atom is -0.457 e. The molecule has 0 radical (unpaired) electrons. The standard InChI is InChI=1S/C25H18ClN3O5/c26-23-7-2-1-4-19(23)16-33-25(30)18-6-3-5-17(14-18)24-13-12-22(34-24)15-27-28-20-8-10-21(11-9-20)29(31)32/h1-15,28H,16H2. The molecular weight excluding hydrogens is 458 g/mol. The van der Waals surface area contributed by atoms with Gasteiger partial charge in [0.05, 0.1) is 22.4 Å². The molecule has 0 saturated carbocycles. The Balaban J connectivity index is 1.38. The van der Waals surface area contributed by atoms with Crippen molar-refractivity contribution >= 4 is 35.2 Å². The van der Waals surface area contributed by atoms with Gasteiger partial charge in [-0.3, -0.25) is 15.5 Å². The number of ether oxygens (including phenoxy) is 1. The number of non-ortho nitro benzene ring substituents is 1. The Labute approximate surface area is 199 Å². The predicted octanol–water partition coefficient (Wildman–Crippen LogP) is 6.31. The van der Waals surface area contributed by atoms with Crippen LogP contribution in [0.5, 0.6) is 0 Å². The number of carbonyl (C=O) groups is 1. The third-order valence-electron chi connectivity index (χ3n) is 4.79. The van der Waals surface area contributed by atoms with E-state index in [4.69, 9.17) is 20.8 Å². The largest absolute Gasteiger partial charge is 0.457 e. The van der Waals surface area contributed by atoms with Crippen LogP contribution in [0.4, 0.5) is 11.4 Å². The highest BCUT2D eigenvalue weighted by molar-refractivity contribution is 6.31. The molecule has 34 heavy (non-hydrogen) atoms. The van der Waals surface area contributed by atoms with Gasteiger partial charge in [0.1, 0.15) is 18.1 Å². The molecule has 0 aliphatic rings. The number of nitrogens with one attached hydrogen (secondary N) is 1. The van der Waals surface area contributed by atoms with E-state index < -0.39 is 10.9 Å². The van der Waals surface area contributed by atoms with Gasteiger partial charge in [0, 0.05) is 28.3 Å². The molecule has 4 aromatic rings. The molecular formula is C25H18ClN3O5. The summed E-state index contributed by atoms with van der Waals surface area (Å²) in [6, 6.07) is 23.5. The number of nitro groups is 1. The van der Waals surface area contributed by atoms with Crippen molar-refractivity contribution in [3.63, 3.8) is 0 Å². The zero-order chi connectivity index (χ0) is 23.9. The maximum atomic E-state index is 12.5. The summed E-state index contributed by atoms with van der Waals surface area (Å²) in [7, 11) is 0. The molecule has 0 amide bonds. The first-order valence-electron chi connectivity index (χ1n) is 10.1. The molecule has 3 aromatic carbocycles. The maximum absolute atomic E-state index is 12.5. The number of anilines is 1. The SMILES string of the molecule is O=C(OCc1ccccc1Cl)c1cccc(-c2ccc(C=NNc3ccc([N+](=O)[O-])cc3)o2)c1. The van der Waals surface area contributed by atoms with Gasteiger partial charge >= 0.3 is 5.97 Å². The molecule has 1 N–H and O–H groups in total. The number of hydrogen-bond donors (Lipinski definition) is 1. The number of esters is 1. The van der Waals surface area contributed by atoms with Crippen molar-refractivity contribution in [1.82, 2.24) is 0 Å². The van der Waals surface area contributed by atoms with Crippen LogP contribution in [0.25, 0.3) is 11.3 Å². The molecule has 0 saturated heterocycles. The number of hydrazone groups is 1. The van der Waals surface area contributed by atoms with Crippen molar-refractivity contribution in [2.75, 3.05) is 5.43 Å². The molecule has 0 fully saturated rings. The predicted molar refractivity (Wildman–Crippen MR) is 129 cm³/mol. The lowest BCUT2D eigenvalue weighted by Gasteiger charge is -2.07. The fraction of sp³-hybridized carbons (Fsp3) is 0.0400. The van der Waals surface area contributed by atoms with Crippen LogP contribution in [0.15, 0.2) is 94.4 Å². The van der Waals surface area contributed by atoms with Gasteiger partial charge in [0.2, 0.25) is 0 Å². The maximum Gasteiger partial charge on any atom is 0.338 e. The van der Waals surface area contributed by atoms with E-state index in [1.54, 1.807) is 54.6 Å². The van der Waals surface area contributed by atoms with Crippen molar-refractivity contribution in [3.8, 4) is 11.3 Å². The third-order valence-corrected chi connectivity index (χ3v) is 5.16. The first-order chi connectivity index (χ1) is 16.5. The minimum absolute atomic E-state index is 0.000168. The zero-order valence-electron chi connectivity index (χ0n) is 17.7. The average molecular weight is 476 g/mol. The highest BCUT2D eigenvalue weighted by Crippen LogP contribution is 2.24. The van der Waals surface area contributed by atoms with Gasteiger partial charge < -0.3 is 9.15 Å². The fourth-order valence-corrected chi connectivity index (χ4v) is 3.24. The van der Waals surface area contributed by atoms with E-state index in [2.05, 4.69) is 10.5 Å². The third kappa shape index (κ3) is 5.67. The molecule has 4 rings (SSSR count). The van der Waals surface area contributed by atoms with Crippen molar-refractivity contribution in [2.45, 2.75) is 6.61 Å². The van der Waals surface area contributed by atoms with Crippen LogP contribution >= 0.6 is 11.6 Å². The Morgan fingerprint density at radius 2 is 1.85 bits per heavy atom. The number of hydrogen-bond acceptors (Lipinski definition) is 7. The van der Waals surface area contributed by atoms with Gasteiger partial charge in [-0.05, 0) is 42.5 Å². The number of furan rings is 1. The monoisotopic (exact) mass is 475 g/mol. The summed E-state index contributed by atoms with van der Waals surface area (Å²) < 4.78 is 11.2. The van der Waals surface area contributed by atoms with Gasteiger partial charge in [-0.1, -0.05) is 41.9 Å². The first-order valence-corrected chi connectivity index (χ1v) is 10.5. The van der Waals surface area contributed by atoms with E-state index in [0.29, 0.717) is 33.4 Å². The van der Waals surface area contributed by atoms with E-state index in [9.17, 15) is 14.9 Å². The molecule has 0 aliphatic heterocycles. The topological polar surface area (TPSA) is 107 Å². The second-order valence-corrected chi connectivity index (χ2v) is 7.53. The number of rotatable bonds is 8. The Morgan fingerprint density at radius 3 is 2.62 bits per heavy atom. The summed E-state index contributed by atoms with van der Waals surface area (Å²) >= 11 is 6.11. The highest BCUT2D eigenvalue weighted by Gasteiger charge is 2.12. The van der Waals surface area contributed by atoms with Crippen LogP contribution in [0.1, 0.15) is 21.7 Å². The lowest BCUT2D eigenvalue weighted by molar-refractivity contribution is -0.384. The normalized spacial score (nSPS) is 10.9. The van der Waals surface area contributed by atoms with Gasteiger partial charge in [-0.25, -0.2) is 4.79 Å². The van der Waals surface area contributed by atoms with E-state index in [-0.39, 0.29) is 12.3 Å². The fourth-order valence-electron chi connectivity index (χ4n) is 3.05. The molecule has 8 nitrogen and oxygen atoms in total. The number of nitro benzene ring substituents is 1. The van der Waals surface area contributed by atoms with Crippen LogP contribution in [-0.4, -0.2) is 17.1 Å². The van der Waals surface area contributed by atoms with E-state index in [1.807, 2.05) is 18.2 Å². The Hall–Kier alpha value is -4.43. The summed E-state index contributed by atoms with van der Waals surface area (Å²) in [6.07, 6.45) is 1.48. The molecule has 0 bridgehead atoms. The van der Waals surface area contributed by atoms with Crippen LogP contribution in [-0.2, 0) is 11.3 Å². The van der Waals surface area contributed by atoms with Crippen LogP contribution < -0.4 is 5.43 Å². The van der Waals surface area contributed by atoms with Crippen LogP contribution in [0, 0.1) is 10.1 Å². The lowest BCUT2D eigenvalue weighted by Crippen LogP contribution is -2.05. The van der Waals surface area contributed by atoms with Gasteiger partial charge in [-0.2, -0.15) is 5.10 Å². The van der Waals surface area contributed by atoms with Gasteiger partial charge in [-0.15, -0.1) is 0 Å². The Bertz CT molecular complexity index is 1350. The van der Waals surface area contributed by atoms with Crippen LogP contribution in [0.3, 0.4) is 0 Å². The molecule has 0 spiro atoms. The second kappa shape index (κ2) is 10.5. The molecule has 1 heterocycles. The number of halogens is 1. The van der Waals surface area contributed by atoms with E-state index in [1.165, 1.54) is 18.3 Å². The van der Waals surface area contributed by atoms with Gasteiger partial charge in [0.15, 0.2) is 0 Å². The summed E-state index contributed by atoms with van der Waals surface area (Å²) in [5.41, 5.74) is 5.19. The second-order valence-electron chi connectivity index (χ2n) is 7.12. The molecule has 9 heteroatoms. The minimum atomic E-state index is -0.470. The smallest absolute Gasteiger partial charge is 0.338 e. The van der Waals surface area contributed by atoms with Crippen molar-refractivity contribution in [2.24, 2.45) is 5.10 Å². The van der Waals surface area contributed by atoms with E-state index in [0.717, 1.165) is 5.56 Å². The van der Waals surface area contributed by atoms with Crippen molar-refractivity contribution in [1.29, 1.82) is 0 Å². The zero-order valence-corrected chi connectivity index (χ0v) is 18.4. The Kier molecular flexibility index (Phi) is 7.00. The summed E-state index contributed by atoms with van der Waals surface area (Å²) in [5, 5.41) is 15.3. The van der Waals surface area contributed by atoms with Gasteiger partial charge in [0.25, 0.3) is 5.69 Å². The highest BCUT2D eigenvalue weighted by atomic mass is 35.5. The number of benzene rings is 3. The van der Waals surface area contributed by atoms with E-state index >= 15 is 0 Å². The summed E-state index contributed by atoms with van der Waals surface area (Å²) in [5.74, 6) is 0.566. The average Bonchev–Trinajstić information content (AvgIpc) is 3.33. The molecule has 170 valence electrons. The number of carbonyl (C=O) groups excluding carboxylic acids is 1. The molecule has 0 unspecified atom stereocenters. The molecule has 0 aliphatic carbocycles. The summed E-state index contributed by atoms with van der Waals surface area (Å²) in [4.78, 5) is 22.7. The first kappa shape index (κ1) is 22.8. The quantitative estimate of drug-likeness (QED) is 0.138. The molecule has 1 aromatic heterocycles. The molecule has 0 atom stereocenters. The van der Waals surface area contributed by atoms with Crippen molar-refractivity contribution < 1.29 is 18.9 Å². The van der Waals surface area contributed by atoms with Crippen LogP contribution in [0.2, 0.25) is 5.02 Å². The number of nitrogens with zero attached hydrogens (tertiary/aromatic N) is 2. The van der Waals surface area contributed by atoms with Crippen molar-refractivity contribution in [3.05, 3.63) is 117 Å².